The Morgan fingerprint density at radius 3 is 2.35 bits per heavy atom. The van der Waals surface area contributed by atoms with Gasteiger partial charge in [0.2, 0.25) is 15.9 Å². The molecule has 26 heavy (non-hydrogen) atoms. The van der Waals surface area contributed by atoms with Crippen LogP contribution in [0.1, 0.15) is 16.7 Å². The SMILES string of the molecule is CN(CC(=O)NCCc1ccccc1)S(=O)(=O)Cc1ccc(C#N)cc1. The Balaban J connectivity index is 1.83. The van der Waals surface area contributed by atoms with E-state index in [9.17, 15) is 13.2 Å². The summed E-state index contributed by atoms with van der Waals surface area (Å²) in [5.41, 5.74) is 2.15. The van der Waals surface area contributed by atoms with Crippen molar-refractivity contribution in [3.05, 3.63) is 71.3 Å². The largest absolute Gasteiger partial charge is 0.355 e. The summed E-state index contributed by atoms with van der Waals surface area (Å²) in [5, 5.41) is 11.5. The summed E-state index contributed by atoms with van der Waals surface area (Å²) in [6.45, 7) is 0.222. The van der Waals surface area contributed by atoms with Crippen LogP contribution in [-0.2, 0) is 27.0 Å². The van der Waals surface area contributed by atoms with Crippen molar-refractivity contribution < 1.29 is 13.2 Å². The third-order valence-corrected chi connectivity index (χ3v) is 5.63. The second kappa shape index (κ2) is 9.13. The highest BCUT2D eigenvalue weighted by Crippen LogP contribution is 2.10. The lowest BCUT2D eigenvalue weighted by molar-refractivity contribution is -0.121. The topological polar surface area (TPSA) is 90.3 Å². The number of hydrogen-bond acceptors (Lipinski definition) is 4. The summed E-state index contributed by atoms with van der Waals surface area (Å²) in [5.74, 6) is -0.557. The zero-order valence-corrected chi connectivity index (χ0v) is 15.4. The monoisotopic (exact) mass is 371 g/mol. The predicted octanol–water partition coefficient (Wildman–Crippen LogP) is 1.68. The number of hydrogen-bond donors (Lipinski definition) is 1. The second-order valence-electron chi connectivity index (χ2n) is 5.91. The molecule has 0 fully saturated rings. The summed E-state index contributed by atoms with van der Waals surface area (Å²) in [6, 6.07) is 18.1. The van der Waals surface area contributed by atoms with Crippen LogP contribution < -0.4 is 5.32 Å². The first kappa shape index (κ1) is 19.6. The minimum absolute atomic E-state index is 0.216. The van der Waals surface area contributed by atoms with Crippen molar-refractivity contribution in [1.29, 1.82) is 5.26 Å². The Kier molecular flexibility index (Phi) is 6.89. The Morgan fingerprint density at radius 2 is 1.73 bits per heavy atom. The van der Waals surface area contributed by atoms with E-state index in [1.54, 1.807) is 24.3 Å². The van der Waals surface area contributed by atoms with E-state index in [4.69, 9.17) is 5.26 Å². The van der Waals surface area contributed by atoms with Crippen molar-refractivity contribution in [2.45, 2.75) is 12.2 Å². The number of carbonyl (C=O) groups is 1. The molecule has 0 aliphatic rings. The Bertz CT molecular complexity index is 872. The number of sulfonamides is 1. The fourth-order valence-corrected chi connectivity index (χ4v) is 3.49. The van der Waals surface area contributed by atoms with Crippen LogP contribution in [0.25, 0.3) is 0 Å². The number of amides is 1. The molecule has 1 N–H and O–H groups in total. The Morgan fingerprint density at radius 1 is 1.08 bits per heavy atom. The number of nitriles is 1. The van der Waals surface area contributed by atoms with E-state index in [0.717, 1.165) is 9.87 Å². The minimum atomic E-state index is -3.62. The van der Waals surface area contributed by atoms with Gasteiger partial charge in [0.1, 0.15) is 0 Å². The Labute approximate surface area is 154 Å². The van der Waals surface area contributed by atoms with Gasteiger partial charge in [0, 0.05) is 13.6 Å². The molecule has 0 saturated heterocycles. The number of carbonyl (C=O) groups excluding carboxylic acids is 1. The molecule has 6 nitrogen and oxygen atoms in total. The van der Waals surface area contributed by atoms with Gasteiger partial charge in [0.05, 0.1) is 23.9 Å². The number of rotatable bonds is 8. The van der Waals surface area contributed by atoms with Crippen molar-refractivity contribution >= 4 is 15.9 Å². The smallest absolute Gasteiger partial charge is 0.235 e. The van der Waals surface area contributed by atoms with E-state index in [2.05, 4.69) is 5.32 Å². The summed E-state index contributed by atoms with van der Waals surface area (Å²) in [6.07, 6.45) is 0.689. The molecule has 0 aliphatic carbocycles. The molecule has 0 bridgehead atoms. The molecule has 2 aromatic rings. The van der Waals surface area contributed by atoms with Gasteiger partial charge in [-0.25, -0.2) is 8.42 Å². The fraction of sp³-hybridized carbons (Fsp3) is 0.263. The lowest BCUT2D eigenvalue weighted by Gasteiger charge is -2.17. The van der Waals surface area contributed by atoms with Crippen molar-refractivity contribution in [2.75, 3.05) is 20.1 Å². The quantitative estimate of drug-likeness (QED) is 0.764. The Hall–Kier alpha value is -2.69. The van der Waals surface area contributed by atoms with Gasteiger partial charge in [-0.3, -0.25) is 4.79 Å². The maximum atomic E-state index is 12.4. The summed E-state index contributed by atoms with van der Waals surface area (Å²) < 4.78 is 25.8. The summed E-state index contributed by atoms with van der Waals surface area (Å²) in [4.78, 5) is 12.0. The van der Waals surface area contributed by atoms with E-state index in [1.165, 1.54) is 7.05 Å². The molecule has 0 spiro atoms. The molecule has 0 aliphatic heterocycles. The number of nitrogens with one attached hydrogen (secondary N) is 1. The van der Waals surface area contributed by atoms with Crippen LogP contribution >= 0.6 is 0 Å². The standard InChI is InChI=1S/C19H21N3O3S/c1-22(14-19(23)21-12-11-16-5-3-2-4-6-16)26(24,25)15-18-9-7-17(13-20)8-10-18/h2-10H,11-12,14-15H2,1H3,(H,21,23). The van der Waals surface area contributed by atoms with E-state index in [-0.39, 0.29) is 18.2 Å². The molecular weight excluding hydrogens is 350 g/mol. The number of nitrogens with zero attached hydrogens (tertiary/aromatic N) is 2. The molecule has 136 valence electrons. The molecule has 2 rings (SSSR count). The van der Waals surface area contributed by atoms with Crippen molar-refractivity contribution in [3.8, 4) is 6.07 Å². The molecule has 0 heterocycles. The zero-order chi connectivity index (χ0) is 19.0. The van der Waals surface area contributed by atoms with E-state index < -0.39 is 10.0 Å². The molecule has 7 heteroatoms. The van der Waals surface area contributed by atoms with Crippen molar-refractivity contribution in [1.82, 2.24) is 9.62 Å². The highest BCUT2D eigenvalue weighted by atomic mass is 32.2. The maximum absolute atomic E-state index is 12.4. The third-order valence-electron chi connectivity index (χ3n) is 3.85. The second-order valence-corrected chi connectivity index (χ2v) is 7.98. The average molecular weight is 371 g/mol. The molecule has 0 saturated carbocycles. The minimum Gasteiger partial charge on any atom is -0.355 e. The van der Waals surface area contributed by atoms with Crippen LogP contribution in [0.4, 0.5) is 0 Å². The lowest BCUT2D eigenvalue weighted by Crippen LogP contribution is -2.39. The molecule has 0 unspecified atom stereocenters. The van der Waals surface area contributed by atoms with Crippen LogP contribution in [0, 0.1) is 11.3 Å². The maximum Gasteiger partial charge on any atom is 0.235 e. The summed E-state index contributed by atoms with van der Waals surface area (Å²) >= 11 is 0. The van der Waals surface area contributed by atoms with Gasteiger partial charge in [-0.2, -0.15) is 9.57 Å². The highest BCUT2D eigenvalue weighted by Gasteiger charge is 2.21. The molecule has 1 amide bonds. The number of likely N-dealkylation sites (N-methyl/N-ethyl adjacent to an activating group) is 1. The predicted molar refractivity (Wildman–Crippen MR) is 99.6 cm³/mol. The third kappa shape index (κ3) is 5.99. The lowest BCUT2D eigenvalue weighted by atomic mass is 10.1. The van der Waals surface area contributed by atoms with E-state index in [1.807, 2.05) is 36.4 Å². The highest BCUT2D eigenvalue weighted by molar-refractivity contribution is 7.88. The van der Waals surface area contributed by atoms with Crippen molar-refractivity contribution in [2.24, 2.45) is 0 Å². The molecule has 0 atom stereocenters. The first-order valence-electron chi connectivity index (χ1n) is 8.14. The zero-order valence-electron chi connectivity index (χ0n) is 14.6. The molecular formula is C19H21N3O3S. The van der Waals surface area contributed by atoms with Gasteiger partial charge in [0.25, 0.3) is 0 Å². The van der Waals surface area contributed by atoms with Gasteiger partial charge in [-0.1, -0.05) is 42.5 Å². The summed E-state index contributed by atoms with van der Waals surface area (Å²) in [7, 11) is -2.23. The first-order valence-corrected chi connectivity index (χ1v) is 9.75. The number of benzene rings is 2. The van der Waals surface area contributed by atoms with E-state index >= 15 is 0 Å². The van der Waals surface area contributed by atoms with Crippen molar-refractivity contribution in [3.63, 3.8) is 0 Å². The first-order chi connectivity index (χ1) is 12.4. The normalized spacial score (nSPS) is 11.1. The van der Waals surface area contributed by atoms with E-state index in [0.29, 0.717) is 24.1 Å². The molecule has 0 aromatic heterocycles. The average Bonchev–Trinajstić information content (AvgIpc) is 2.63. The van der Waals surface area contributed by atoms with Crippen LogP contribution in [0.3, 0.4) is 0 Å². The molecule has 0 radical (unpaired) electrons. The van der Waals surface area contributed by atoms with Crippen LogP contribution in [-0.4, -0.2) is 38.8 Å². The van der Waals surface area contributed by atoms with Gasteiger partial charge < -0.3 is 5.32 Å². The van der Waals surface area contributed by atoms with Gasteiger partial charge in [-0.05, 0) is 29.7 Å². The van der Waals surface area contributed by atoms with Gasteiger partial charge in [-0.15, -0.1) is 0 Å². The van der Waals surface area contributed by atoms with Crippen LogP contribution in [0.15, 0.2) is 54.6 Å². The van der Waals surface area contributed by atoms with Crippen LogP contribution in [0.5, 0.6) is 0 Å². The fourth-order valence-electron chi connectivity index (χ4n) is 2.34. The van der Waals surface area contributed by atoms with Gasteiger partial charge in [0.15, 0.2) is 0 Å². The van der Waals surface area contributed by atoms with Gasteiger partial charge >= 0.3 is 0 Å². The molecule has 2 aromatic carbocycles. The van der Waals surface area contributed by atoms with Crippen LogP contribution in [0.2, 0.25) is 0 Å².